The number of hydrogen-bond donors (Lipinski definition) is 3. The zero-order valence-electron chi connectivity index (χ0n) is 25.0. The normalized spacial score (nSPS) is 11.0. The average molecular weight is 570 g/mol. The Morgan fingerprint density at radius 2 is 1.05 bits per heavy atom. The smallest absolute Gasteiger partial charge is 0.308 e. The lowest BCUT2D eigenvalue weighted by atomic mass is 10.2. The number of nitrogens with two attached hydrogens (primary N) is 1. The topological polar surface area (TPSA) is 173 Å². The van der Waals surface area contributed by atoms with Crippen molar-refractivity contribution in [3.05, 3.63) is 0 Å². The van der Waals surface area contributed by atoms with E-state index in [1.165, 1.54) is 0 Å². The fraction of sp³-hybridized carbons (Fsp3) is 0.889. The molecule has 0 unspecified atom stereocenters. The Bertz CT molecular complexity index is 557. The molecule has 0 aromatic heterocycles. The van der Waals surface area contributed by atoms with E-state index in [0.29, 0.717) is 58.9 Å². The molecule has 4 N–H and O–H groups in total. The van der Waals surface area contributed by atoms with Crippen LogP contribution in [0.3, 0.4) is 0 Å². The van der Waals surface area contributed by atoms with Gasteiger partial charge in [0.15, 0.2) is 0 Å². The summed E-state index contributed by atoms with van der Waals surface area (Å²) in [4.78, 5) is 32.2. The fourth-order valence-electron chi connectivity index (χ4n) is 2.33. The molecule has 0 aliphatic carbocycles. The number of carbonyl (C=O) groups is 3. The number of aliphatic hydroxyl groups is 2. The van der Waals surface area contributed by atoms with Crippen molar-refractivity contribution < 1.29 is 53.0 Å². The Morgan fingerprint density at radius 3 is 1.44 bits per heavy atom. The van der Waals surface area contributed by atoms with Gasteiger partial charge in [-0.15, -0.1) is 0 Å². The molecular formula is C27H55NO11. The summed E-state index contributed by atoms with van der Waals surface area (Å²) >= 11 is 0. The summed E-state index contributed by atoms with van der Waals surface area (Å²) in [6.07, 6.45) is 4.08. The van der Waals surface area contributed by atoms with E-state index < -0.39 is 11.2 Å². The van der Waals surface area contributed by atoms with Crippen LogP contribution in [-0.4, -0.2) is 112 Å². The first kappa shape index (κ1) is 41.8. The molecule has 0 aliphatic rings. The Labute approximate surface area is 234 Å². The van der Waals surface area contributed by atoms with E-state index in [9.17, 15) is 14.4 Å². The van der Waals surface area contributed by atoms with Crippen molar-refractivity contribution in [1.82, 2.24) is 0 Å². The summed E-state index contributed by atoms with van der Waals surface area (Å²) in [6.45, 7) is 15.0. The SMILES string of the molecule is CC(C)(C)OC(=O)CCOCC=O.CC(C)(C)OC(=O)CCOCCCCCOCCO.NCCOCCO. The van der Waals surface area contributed by atoms with E-state index in [1.807, 2.05) is 20.8 Å². The van der Waals surface area contributed by atoms with Gasteiger partial charge in [0.25, 0.3) is 0 Å². The van der Waals surface area contributed by atoms with Crippen LogP contribution in [0.2, 0.25) is 0 Å². The zero-order chi connectivity index (χ0) is 30.4. The number of aliphatic hydroxyl groups excluding tert-OH is 2. The molecule has 39 heavy (non-hydrogen) atoms. The van der Waals surface area contributed by atoms with Crippen molar-refractivity contribution in [2.45, 2.75) is 84.8 Å². The number of hydrogen-bond acceptors (Lipinski definition) is 12. The van der Waals surface area contributed by atoms with Crippen LogP contribution in [0.5, 0.6) is 0 Å². The van der Waals surface area contributed by atoms with Gasteiger partial charge in [0, 0.05) is 19.8 Å². The van der Waals surface area contributed by atoms with E-state index in [-0.39, 0.29) is 44.8 Å². The standard InChI is InChI=1S/C14H28O5.C9H16O4.C4H11NO2/c1-14(2,3)19-13(16)7-11-17-9-5-4-6-10-18-12-8-15;1-9(2,3)13-8(11)4-6-12-7-5-10;5-1-3-7-4-2-6/h15H,4-12H2,1-3H3;5H,4,6-7H2,1-3H3;6H,1-5H2. The molecule has 0 heterocycles. The molecule has 0 fully saturated rings. The van der Waals surface area contributed by atoms with Crippen LogP contribution >= 0.6 is 0 Å². The van der Waals surface area contributed by atoms with Crippen LogP contribution in [0.4, 0.5) is 0 Å². The van der Waals surface area contributed by atoms with Gasteiger partial charge in [0.05, 0.1) is 59.1 Å². The molecule has 0 radical (unpaired) electrons. The molecule has 0 spiro atoms. The Kier molecular flexibility index (Phi) is 31.4. The Hall–Kier alpha value is -1.67. The van der Waals surface area contributed by atoms with Crippen LogP contribution < -0.4 is 5.73 Å². The lowest BCUT2D eigenvalue weighted by molar-refractivity contribution is -0.157. The molecule has 0 amide bonds. The summed E-state index contributed by atoms with van der Waals surface area (Å²) in [5.41, 5.74) is 4.18. The predicted molar refractivity (Wildman–Crippen MR) is 147 cm³/mol. The van der Waals surface area contributed by atoms with E-state index in [1.54, 1.807) is 20.8 Å². The molecule has 12 heteroatoms. The van der Waals surface area contributed by atoms with Gasteiger partial charge >= 0.3 is 11.9 Å². The maximum atomic E-state index is 11.4. The van der Waals surface area contributed by atoms with Crippen molar-refractivity contribution in [3.8, 4) is 0 Å². The van der Waals surface area contributed by atoms with Gasteiger partial charge in [0.2, 0.25) is 0 Å². The number of ether oxygens (including phenoxy) is 6. The predicted octanol–water partition coefficient (Wildman–Crippen LogP) is 1.80. The third-order valence-corrected chi connectivity index (χ3v) is 3.74. The second-order valence-corrected chi connectivity index (χ2v) is 10.0. The number of unbranched alkanes of at least 4 members (excludes halogenated alkanes) is 2. The molecule has 0 saturated carbocycles. The summed E-state index contributed by atoms with van der Waals surface area (Å²) in [6, 6.07) is 0. The minimum atomic E-state index is -0.457. The summed E-state index contributed by atoms with van der Waals surface area (Å²) < 4.78 is 30.2. The molecule has 234 valence electrons. The fourth-order valence-corrected chi connectivity index (χ4v) is 2.33. The first-order chi connectivity index (χ1) is 18.3. The number of carbonyl (C=O) groups excluding carboxylic acids is 3. The molecule has 0 aromatic rings. The second kappa shape index (κ2) is 29.3. The van der Waals surface area contributed by atoms with Crippen LogP contribution in [0.1, 0.15) is 73.6 Å². The monoisotopic (exact) mass is 569 g/mol. The third-order valence-electron chi connectivity index (χ3n) is 3.74. The molecule has 0 aromatic carbocycles. The van der Waals surface area contributed by atoms with Gasteiger partial charge in [-0.2, -0.15) is 0 Å². The highest BCUT2D eigenvalue weighted by molar-refractivity contribution is 5.70. The van der Waals surface area contributed by atoms with Crippen molar-refractivity contribution in [3.63, 3.8) is 0 Å². The quantitative estimate of drug-likeness (QED) is 0.110. The molecule has 0 saturated heterocycles. The van der Waals surface area contributed by atoms with E-state index >= 15 is 0 Å². The maximum Gasteiger partial charge on any atom is 0.308 e. The minimum Gasteiger partial charge on any atom is -0.460 e. The molecule has 0 aliphatic heterocycles. The van der Waals surface area contributed by atoms with Gasteiger partial charge in [-0.3, -0.25) is 9.59 Å². The number of aldehydes is 1. The Balaban J connectivity index is -0.000000558. The van der Waals surface area contributed by atoms with Gasteiger partial charge in [-0.05, 0) is 60.8 Å². The first-order valence-corrected chi connectivity index (χ1v) is 13.4. The van der Waals surface area contributed by atoms with E-state index in [2.05, 4.69) is 0 Å². The molecule has 0 atom stereocenters. The van der Waals surface area contributed by atoms with Gasteiger partial charge in [0.1, 0.15) is 24.1 Å². The number of esters is 2. The third kappa shape index (κ3) is 46.5. The molecular weight excluding hydrogens is 514 g/mol. The largest absolute Gasteiger partial charge is 0.460 e. The van der Waals surface area contributed by atoms with Crippen LogP contribution in [-0.2, 0) is 42.8 Å². The lowest BCUT2D eigenvalue weighted by Gasteiger charge is -2.19. The van der Waals surface area contributed by atoms with E-state index in [0.717, 1.165) is 19.3 Å². The van der Waals surface area contributed by atoms with Crippen molar-refractivity contribution in [2.75, 3.05) is 72.6 Å². The molecule has 12 nitrogen and oxygen atoms in total. The minimum absolute atomic E-state index is 0.0306. The molecule has 0 rings (SSSR count). The maximum absolute atomic E-state index is 11.4. The molecule has 0 bridgehead atoms. The van der Waals surface area contributed by atoms with Crippen LogP contribution in [0, 0.1) is 0 Å². The van der Waals surface area contributed by atoms with Crippen molar-refractivity contribution in [1.29, 1.82) is 0 Å². The van der Waals surface area contributed by atoms with Crippen molar-refractivity contribution in [2.24, 2.45) is 5.73 Å². The highest BCUT2D eigenvalue weighted by Crippen LogP contribution is 2.09. The summed E-state index contributed by atoms with van der Waals surface area (Å²) in [5, 5.41) is 16.6. The Morgan fingerprint density at radius 1 is 0.641 bits per heavy atom. The van der Waals surface area contributed by atoms with Crippen LogP contribution in [0.25, 0.3) is 0 Å². The van der Waals surface area contributed by atoms with Gasteiger partial charge < -0.3 is 49.2 Å². The second-order valence-electron chi connectivity index (χ2n) is 10.0. The summed E-state index contributed by atoms with van der Waals surface area (Å²) in [5.74, 6) is -0.525. The van der Waals surface area contributed by atoms with Crippen LogP contribution in [0.15, 0.2) is 0 Å². The highest BCUT2D eigenvalue weighted by Gasteiger charge is 2.16. The van der Waals surface area contributed by atoms with E-state index in [4.69, 9.17) is 44.4 Å². The average Bonchev–Trinajstić information content (AvgIpc) is 2.82. The highest BCUT2D eigenvalue weighted by atomic mass is 16.6. The number of rotatable bonds is 20. The lowest BCUT2D eigenvalue weighted by Crippen LogP contribution is -2.24. The van der Waals surface area contributed by atoms with Crippen molar-refractivity contribution >= 4 is 18.2 Å². The van der Waals surface area contributed by atoms with Gasteiger partial charge in [-0.1, -0.05) is 0 Å². The summed E-state index contributed by atoms with van der Waals surface area (Å²) in [7, 11) is 0. The zero-order valence-corrected chi connectivity index (χ0v) is 25.0. The first-order valence-electron chi connectivity index (χ1n) is 13.4. The van der Waals surface area contributed by atoms with Gasteiger partial charge in [-0.25, -0.2) is 0 Å².